The molecule has 0 bridgehead atoms. The van der Waals surface area contributed by atoms with Crippen LogP contribution in [0, 0.1) is 0 Å². The lowest BCUT2D eigenvalue weighted by molar-refractivity contribution is -0.147. The second-order valence-corrected chi connectivity index (χ2v) is 7.21. The van der Waals surface area contributed by atoms with Crippen LogP contribution in [0.1, 0.15) is 24.3 Å². The predicted molar refractivity (Wildman–Crippen MR) is 95.6 cm³/mol. The molecule has 1 saturated heterocycles. The van der Waals surface area contributed by atoms with Crippen molar-refractivity contribution in [1.29, 1.82) is 0 Å². The van der Waals surface area contributed by atoms with Gasteiger partial charge in [0.1, 0.15) is 0 Å². The number of nitrogens with one attached hydrogen (secondary N) is 1. The third-order valence-electron chi connectivity index (χ3n) is 3.96. The zero-order valence-electron chi connectivity index (χ0n) is 14.6. The molecule has 0 unspecified atom stereocenters. The van der Waals surface area contributed by atoms with Crippen LogP contribution in [0.25, 0.3) is 10.6 Å². The van der Waals surface area contributed by atoms with Crippen molar-refractivity contribution >= 4 is 29.1 Å². The molecule has 2 aromatic rings. The van der Waals surface area contributed by atoms with Gasteiger partial charge in [0, 0.05) is 38.3 Å². The van der Waals surface area contributed by atoms with Crippen molar-refractivity contribution < 1.29 is 18.9 Å². The lowest BCUT2D eigenvalue weighted by atomic mass is 10.2. The second kappa shape index (κ2) is 7.69. The molecule has 3 rings (SSSR count). The zero-order valence-corrected chi connectivity index (χ0v) is 15.4. The van der Waals surface area contributed by atoms with Crippen LogP contribution in [0.4, 0.5) is 0 Å². The third kappa shape index (κ3) is 3.93. The Morgan fingerprint density at radius 1 is 1.19 bits per heavy atom. The number of aromatic nitrogens is 1. The van der Waals surface area contributed by atoms with Gasteiger partial charge < -0.3 is 19.6 Å². The molecule has 0 spiro atoms. The molecule has 1 aliphatic rings. The molecule has 8 nitrogen and oxygen atoms in total. The van der Waals surface area contributed by atoms with E-state index in [1.54, 1.807) is 24.8 Å². The number of rotatable bonds is 3. The van der Waals surface area contributed by atoms with Gasteiger partial charge in [0.25, 0.3) is 5.91 Å². The molecule has 2 aromatic heterocycles. The summed E-state index contributed by atoms with van der Waals surface area (Å²) in [5.74, 6) is -0.859. The minimum atomic E-state index is -0.614. The number of hydrogen-bond donors (Lipinski definition) is 1. The van der Waals surface area contributed by atoms with Gasteiger partial charge in [0.2, 0.25) is 0 Å². The Bertz CT molecular complexity index is 792. The van der Waals surface area contributed by atoms with Crippen molar-refractivity contribution in [2.75, 3.05) is 26.2 Å². The normalized spacial score (nSPS) is 14.6. The monoisotopic (exact) mass is 376 g/mol. The van der Waals surface area contributed by atoms with E-state index in [4.69, 9.17) is 4.52 Å². The maximum absolute atomic E-state index is 12.6. The highest BCUT2D eigenvalue weighted by Gasteiger charge is 2.29. The number of hydrogen-bond acceptors (Lipinski definition) is 6. The minimum Gasteiger partial charge on any atom is -0.355 e. The molecule has 3 amide bonds. The molecule has 0 radical (unpaired) electrons. The fourth-order valence-corrected chi connectivity index (χ4v) is 3.33. The van der Waals surface area contributed by atoms with Gasteiger partial charge in [-0.2, -0.15) is 0 Å². The number of nitrogens with zero attached hydrogens (tertiary/aromatic N) is 3. The molecule has 9 heteroatoms. The first-order chi connectivity index (χ1) is 12.5. The topological polar surface area (TPSA) is 95.8 Å². The average molecular weight is 376 g/mol. The van der Waals surface area contributed by atoms with Crippen LogP contribution < -0.4 is 5.32 Å². The Labute approximate surface area is 154 Å². The van der Waals surface area contributed by atoms with Crippen LogP contribution in [0.15, 0.2) is 28.1 Å². The van der Waals surface area contributed by atoms with E-state index in [1.807, 2.05) is 17.5 Å². The van der Waals surface area contributed by atoms with Crippen LogP contribution in [0.5, 0.6) is 0 Å². The van der Waals surface area contributed by atoms with E-state index in [2.05, 4.69) is 10.5 Å². The summed E-state index contributed by atoms with van der Waals surface area (Å²) in [5, 5.41) is 8.36. The SMILES string of the molecule is CC(C)NC(=O)C(=O)N1CCN(C(=O)c2cc(-c3cccs3)on2)CC1. The Hall–Kier alpha value is -2.68. The molecule has 138 valence electrons. The van der Waals surface area contributed by atoms with Gasteiger partial charge in [-0.1, -0.05) is 11.2 Å². The van der Waals surface area contributed by atoms with Crippen molar-refractivity contribution in [3.8, 4) is 10.6 Å². The molecule has 0 aliphatic carbocycles. The molecular formula is C17H20N4O4S. The molecule has 0 aromatic carbocycles. The first kappa shape index (κ1) is 18.1. The highest BCUT2D eigenvalue weighted by atomic mass is 32.1. The van der Waals surface area contributed by atoms with Gasteiger partial charge in [-0.15, -0.1) is 11.3 Å². The molecule has 0 atom stereocenters. The summed E-state index contributed by atoms with van der Waals surface area (Å²) in [6, 6.07) is 5.32. The third-order valence-corrected chi connectivity index (χ3v) is 4.85. The van der Waals surface area contributed by atoms with Crippen molar-refractivity contribution in [3.63, 3.8) is 0 Å². The fraction of sp³-hybridized carbons (Fsp3) is 0.412. The van der Waals surface area contributed by atoms with Gasteiger partial charge in [0.15, 0.2) is 11.5 Å². The van der Waals surface area contributed by atoms with Crippen molar-refractivity contribution in [3.05, 3.63) is 29.3 Å². The summed E-state index contributed by atoms with van der Waals surface area (Å²) in [5.41, 5.74) is 0.241. The van der Waals surface area contributed by atoms with Gasteiger partial charge >= 0.3 is 11.8 Å². The van der Waals surface area contributed by atoms with Gasteiger partial charge in [-0.3, -0.25) is 14.4 Å². The maximum Gasteiger partial charge on any atom is 0.312 e. The molecule has 1 fully saturated rings. The number of amides is 3. The van der Waals surface area contributed by atoms with E-state index in [0.717, 1.165) is 4.88 Å². The van der Waals surface area contributed by atoms with E-state index in [1.165, 1.54) is 16.2 Å². The van der Waals surface area contributed by atoms with E-state index in [-0.39, 0.29) is 17.6 Å². The van der Waals surface area contributed by atoms with Gasteiger partial charge in [-0.25, -0.2) is 0 Å². The van der Waals surface area contributed by atoms with Crippen LogP contribution in [0.2, 0.25) is 0 Å². The first-order valence-electron chi connectivity index (χ1n) is 8.35. The fourth-order valence-electron chi connectivity index (χ4n) is 2.65. The van der Waals surface area contributed by atoms with Crippen molar-refractivity contribution in [1.82, 2.24) is 20.3 Å². The maximum atomic E-state index is 12.6. The van der Waals surface area contributed by atoms with Crippen LogP contribution >= 0.6 is 11.3 Å². The standard InChI is InChI=1S/C17H20N4O4S/c1-11(2)18-15(22)17(24)21-7-5-20(6-8-21)16(23)12-10-13(25-19-12)14-4-3-9-26-14/h3-4,9-11H,5-8H2,1-2H3,(H,18,22). The Morgan fingerprint density at radius 2 is 1.88 bits per heavy atom. The summed E-state index contributed by atoms with van der Waals surface area (Å²) in [6.07, 6.45) is 0. The highest BCUT2D eigenvalue weighted by Crippen LogP contribution is 2.25. The number of piperazine rings is 1. The minimum absolute atomic E-state index is 0.0981. The smallest absolute Gasteiger partial charge is 0.312 e. The molecule has 3 heterocycles. The van der Waals surface area contributed by atoms with Crippen LogP contribution in [-0.2, 0) is 9.59 Å². The van der Waals surface area contributed by atoms with E-state index < -0.39 is 11.8 Å². The summed E-state index contributed by atoms with van der Waals surface area (Å²) in [7, 11) is 0. The molecule has 1 N–H and O–H groups in total. The first-order valence-corrected chi connectivity index (χ1v) is 9.23. The quantitative estimate of drug-likeness (QED) is 0.813. The highest BCUT2D eigenvalue weighted by molar-refractivity contribution is 7.13. The Kier molecular flexibility index (Phi) is 5.36. The summed E-state index contributed by atoms with van der Waals surface area (Å²) >= 11 is 1.51. The Morgan fingerprint density at radius 3 is 2.50 bits per heavy atom. The van der Waals surface area contributed by atoms with Gasteiger partial charge in [-0.05, 0) is 25.3 Å². The van der Waals surface area contributed by atoms with Crippen LogP contribution in [0.3, 0.4) is 0 Å². The summed E-state index contributed by atoms with van der Waals surface area (Å²) in [4.78, 5) is 40.4. The molecule has 26 heavy (non-hydrogen) atoms. The van der Waals surface area contributed by atoms with E-state index >= 15 is 0 Å². The summed E-state index contributed by atoms with van der Waals surface area (Å²) < 4.78 is 5.24. The molecule has 1 aliphatic heterocycles. The zero-order chi connectivity index (χ0) is 18.7. The lowest BCUT2D eigenvalue weighted by Crippen LogP contribution is -2.54. The molecular weight excluding hydrogens is 356 g/mol. The lowest BCUT2D eigenvalue weighted by Gasteiger charge is -2.34. The van der Waals surface area contributed by atoms with Crippen molar-refractivity contribution in [2.24, 2.45) is 0 Å². The van der Waals surface area contributed by atoms with E-state index in [9.17, 15) is 14.4 Å². The molecule has 0 saturated carbocycles. The number of carbonyl (C=O) groups excluding carboxylic acids is 3. The van der Waals surface area contributed by atoms with Crippen molar-refractivity contribution in [2.45, 2.75) is 19.9 Å². The van der Waals surface area contributed by atoms with Crippen LogP contribution in [-0.4, -0.2) is 64.9 Å². The van der Waals surface area contributed by atoms with E-state index in [0.29, 0.717) is 31.9 Å². The largest absolute Gasteiger partial charge is 0.355 e. The van der Waals surface area contributed by atoms with Gasteiger partial charge in [0.05, 0.1) is 4.88 Å². The predicted octanol–water partition coefficient (Wildman–Crippen LogP) is 1.21. The number of thiophene rings is 1. The second-order valence-electron chi connectivity index (χ2n) is 6.27. The summed E-state index contributed by atoms with van der Waals surface area (Å²) in [6.45, 7) is 4.91. The average Bonchev–Trinajstić information content (AvgIpc) is 3.31. The Balaban J connectivity index is 1.57. The number of carbonyl (C=O) groups is 3.